The predicted molar refractivity (Wildman–Crippen MR) is 95.5 cm³/mol. The van der Waals surface area contributed by atoms with Crippen LogP contribution in [0, 0.1) is 11.8 Å². The Bertz CT molecular complexity index is 373. The molecule has 22 heavy (non-hydrogen) atoms. The Kier molecular flexibility index (Phi) is 11.6. The lowest BCUT2D eigenvalue weighted by molar-refractivity contribution is 0.635. The number of nitrogens with two attached hydrogens (primary N) is 2. The molecule has 0 fully saturated rings. The molecule has 0 bridgehead atoms. The monoisotopic (exact) mass is 306 g/mol. The molecule has 0 radical (unpaired) electrons. The highest BCUT2D eigenvalue weighted by molar-refractivity contribution is 5.82. The molecule has 0 aliphatic heterocycles. The normalized spacial score (nSPS) is 15.7. The van der Waals surface area contributed by atoms with Crippen LogP contribution >= 0.6 is 0 Å². The van der Waals surface area contributed by atoms with Crippen LogP contribution < -0.4 is 11.5 Å². The maximum absolute atomic E-state index is 5.85. The molecule has 0 aromatic heterocycles. The van der Waals surface area contributed by atoms with E-state index >= 15 is 0 Å². The van der Waals surface area contributed by atoms with Crippen molar-refractivity contribution in [3.05, 3.63) is 25.3 Å². The van der Waals surface area contributed by atoms with Gasteiger partial charge in [-0.1, -0.05) is 26.0 Å². The van der Waals surface area contributed by atoms with Crippen molar-refractivity contribution in [1.82, 2.24) is 0 Å². The maximum Gasteiger partial charge on any atom is 0.0970 e. The minimum Gasteiger partial charge on any atom is -0.387 e. The number of rotatable bonds is 12. The van der Waals surface area contributed by atoms with Crippen LogP contribution in [0.4, 0.5) is 0 Å². The van der Waals surface area contributed by atoms with Crippen molar-refractivity contribution in [3.63, 3.8) is 0 Å². The Morgan fingerprint density at radius 2 is 1.23 bits per heavy atom. The van der Waals surface area contributed by atoms with Gasteiger partial charge in [-0.2, -0.15) is 10.2 Å². The third-order valence-electron chi connectivity index (χ3n) is 3.24. The van der Waals surface area contributed by atoms with Crippen molar-refractivity contribution in [2.75, 3.05) is 26.2 Å². The average Bonchev–Trinajstić information content (AvgIpc) is 2.52. The minimum atomic E-state index is 0.208. The zero-order chi connectivity index (χ0) is 16.8. The fraction of sp³-hybridized carbons (Fsp3) is 0.625. The topological polar surface area (TPSA) is 101 Å². The Balaban J connectivity index is 3.92. The highest BCUT2D eigenvalue weighted by atomic mass is 15.1. The standard InChI is InChI=1S/C16H30N6/c1-5-9-19-15(17)13(3)7-11-21-22-12-8-14(4)16(18)20-10-6-2/h5-6,13-14H,1-2,7-12H2,3-4H3,(H2,17,19)(H2,18,20). The SMILES string of the molecule is C=CCN=C(N)C(C)CCN=NCCC(C)C(N)=NCC=C. The summed E-state index contributed by atoms with van der Waals surface area (Å²) in [6, 6.07) is 0. The van der Waals surface area contributed by atoms with Crippen LogP contribution in [0.15, 0.2) is 45.5 Å². The van der Waals surface area contributed by atoms with Gasteiger partial charge in [0.25, 0.3) is 0 Å². The summed E-state index contributed by atoms with van der Waals surface area (Å²) in [5, 5.41) is 8.33. The second kappa shape index (κ2) is 12.7. The first-order valence-corrected chi connectivity index (χ1v) is 7.67. The Morgan fingerprint density at radius 1 is 0.864 bits per heavy atom. The Hall–Kier alpha value is -1.98. The van der Waals surface area contributed by atoms with Crippen molar-refractivity contribution in [1.29, 1.82) is 0 Å². The molecule has 0 amide bonds. The molecule has 0 rings (SSSR count). The van der Waals surface area contributed by atoms with E-state index in [1.165, 1.54) is 0 Å². The van der Waals surface area contributed by atoms with E-state index in [1.54, 1.807) is 12.2 Å². The van der Waals surface area contributed by atoms with Crippen LogP contribution in [0.25, 0.3) is 0 Å². The van der Waals surface area contributed by atoms with Crippen molar-refractivity contribution >= 4 is 11.7 Å². The molecule has 124 valence electrons. The van der Waals surface area contributed by atoms with E-state index < -0.39 is 0 Å². The minimum absolute atomic E-state index is 0.208. The number of nitrogens with zero attached hydrogens (tertiary/aromatic N) is 4. The van der Waals surface area contributed by atoms with Crippen molar-refractivity contribution in [2.45, 2.75) is 26.7 Å². The summed E-state index contributed by atoms with van der Waals surface area (Å²) in [5.41, 5.74) is 11.7. The Labute approximate surface area is 134 Å². The molecule has 2 unspecified atom stereocenters. The van der Waals surface area contributed by atoms with Gasteiger partial charge < -0.3 is 11.5 Å². The summed E-state index contributed by atoms with van der Waals surface area (Å²) in [7, 11) is 0. The number of amidine groups is 2. The molecular weight excluding hydrogens is 276 g/mol. The van der Waals surface area contributed by atoms with Crippen LogP contribution in [0.2, 0.25) is 0 Å². The second-order valence-corrected chi connectivity index (χ2v) is 5.22. The van der Waals surface area contributed by atoms with Gasteiger partial charge in [-0.05, 0) is 12.8 Å². The van der Waals surface area contributed by atoms with E-state index in [-0.39, 0.29) is 11.8 Å². The zero-order valence-corrected chi connectivity index (χ0v) is 13.9. The van der Waals surface area contributed by atoms with Gasteiger partial charge in [0.15, 0.2) is 0 Å². The molecule has 0 aliphatic rings. The van der Waals surface area contributed by atoms with E-state index in [9.17, 15) is 0 Å². The molecular formula is C16H30N6. The number of aliphatic imine (C=N–C) groups is 2. The fourth-order valence-electron chi connectivity index (χ4n) is 1.59. The summed E-state index contributed by atoms with van der Waals surface area (Å²) in [6.07, 6.45) is 5.14. The van der Waals surface area contributed by atoms with E-state index in [1.807, 2.05) is 13.8 Å². The first kappa shape index (κ1) is 20.0. The molecule has 6 nitrogen and oxygen atoms in total. The lowest BCUT2D eigenvalue weighted by atomic mass is 10.1. The third kappa shape index (κ3) is 9.85. The van der Waals surface area contributed by atoms with Crippen molar-refractivity contribution in [3.8, 4) is 0 Å². The second-order valence-electron chi connectivity index (χ2n) is 5.22. The number of hydrogen-bond acceptors (Lipinski definition) is 4. The lowest BCUT2D eigenvalue weighted by Gasteiger charge is -2.09. The molecule has 0 heterocycles. The molecule has 0 aromatic rings. The summed E-state index contributed by atoms with van der Waals surface area (Å²) in [5.74, 6) is 1.71. The van der Waals surface area contributed by atoms with E-state index in [0.717, 1.165) is 12.8 Å². The number of hydrogen-bond donors (Lipinski definition) is 2. The molecule has 4 N–H and O–H groups in total. The highest BCUT2D eigenvalue weighted by Crippen LogP contribution is 2.05. The molecule has 6 heteroatoms. The largest absolute Gasteiger partial charge is 0.387 e. The van der Waals surface area contributed by atoms with Crippen LogP contribution in [0.1, 0.15) is 26.7 Å². The van der Waals surface area contributed by atoms with E-state index in [4.69, 9.17) is 11.5 Å². The quantitative estimate of drug-likeness (QED) is 0.250. The van der Waals surface area contributed by atoms with Gasteiger partial charge >= 0.3 is 0 Å². The van der Waals surface area contributed by atoms with Gasteiger partial charge in [0.2, 0.25) is 0 Å². The average molecular weight is 306 g/mol. The summed E-state index contributed by atoms with van der Waals surface area (Å²) in [6.45, 7) is 13.7. The van der Waals surface area contributed by atoms with Crippen LogP contribution in [0.3, 0.4) is 0 Å². The van der Waals surface area contributed by atoms with E-state index in [0.29, 0.717) is 37.9 Å². The first-order valence-electron chi connectivity index (χ1n) is 7.67. The van der Waals surface area contributed by atoms with Gasteiger partial charge in [-0.3, -0.25) is 9.98 Å². The van der Waals surface area contributed by atoms with Crippen LogP contribution in [-0.4, -0.2) is 37.9 Å². The highest BCUT2D eigenvalue weighted by Gasteiger charge is 2.06. The first-order chi connectivity index (χ1) is 10.5. The van der Waals surface area contributed by atoms with Gasteiger partial charge in [-0.25, -0.2) is 0 Å². The van der Waals surface area contributed by atoms with Gasteiger partial charge in [0.05, 0.1) is 37.9 Å². The smallest absolute Gasteiger partial charge is 0.0970 e. The molecule has 2 atom stereocenters. The van der Waals surface area contributed by atoms with Crippen molar-refractivity contribution < 1.29 is 0 Å². The lowest BCUT2D eigenvalue weighted by Crippen LogP contribution is -2.22. The summed E-state index contributed by atoms with van der Waals surface area (Å²) < 4.78 is 0. The van der Waals surface area contributed by atoms with Gasteiger partial charge in [-0.15, -0.1) is 13.2 Å². The van der Waals surface area contributed by atoms with Gasteiger partial charge in [0, 0.05) is 11.8 Å². The van der Waals surface area contributed by atoms with Crippen LogP contribution in [-0.2, 0) is 0 Å². The number of azo groups is 1. The molecule has 0 spiro atoms. The molecule has 0 saturated carbocycles. The van der Waals surface area contributed by atoms with Crippen LogP contribution in [0.5, 0.6) is 0 Å². The van der Waals surface area contributed by atoms with Crippen molar-refractivity contribution in [2.24, 2.45) is 43.5 Å². The molecule has 0 aliphatic carbocycles. The summed E-state index contributed by atoms with van der Waals surface area (Å²) in [4.78, 5) is 8.39. The zero-order valence-electron chi connectivity index (χ0n) is 13.9. The van der Waals surface area contributed by atoms with E-state index in [2.05, 4.69) is 33.4 Å². The molecule has 0 saturated heterocycles. The third-order valence-corrected chi connectivity index (χ3v) is 3.24. The fourth-order valence-corrected chi connectivity index (χ4v) is 1.59. The Morgan fingerprint density at radius 3 is 1.55 bits per heavy atom. The summed E-state index contributed by atoms with van der Waals surface area (Å²) >= 11 is 0. The maximum atomic E-state index is 5.85. The molecule has 0 aromatic carbocycles. The predicted octanol–water partition coefficient (Wildman–Crippen LogP) is 2.58. The van der Waals surface area contributed by atoms with Gasteiger partial charge in [0.1, 0.15) is 0 Å².